The quantitative estimate of drug-likeness (QED) is 0.468. The first-order chi connectivity index (χ1) is 14.5. The topological polar surface area (TPSA) is 103 Å². The summed E-state index contributed by atoms with van der Waals surface area (Å²) in [6, 6.07) is 8.08. The molecule has 0 fully saturated rings. The van der Waals surface area contributed by atoms with Gasteiger partial charge in [-0.2, -0.15) is 0 Å². The van der Waals surface area contributed by atoms with E-state index in [4.69, 9.17) is 4.99 Å². The Morgan fingerprint density at radius 2 is 1.97 bits per heavy atom. The van der Waals surface area contributed by atoms with Gasteiger partial charge in [0.05, 0.1) is 11.8 Å². The molecule has 2 heterocycles. The number of nitrogens with one attached hydrogen (secondary N) is 2. The van der Waals surface area contributed by atoms with Crippen molar-refractivity contribution >= 4 is 16.6 Å². The van der Waals surface area contributed by atoms with Crippen LogP contribution in [0.2, 0.25) is 0 Å². The van der Waals surface area contributed by atoms with Crippen LogP contribution in [0, 0.1) is 0 Å². The van der Waals surface area contributed by atoms with Crippen LogP contribution < -0.4 is 11.2 Å². The molecule has 3 N–H and O–H groups in total. The molecule has 1 atom stereocenters. The summed E-state index contributed by atoms with van der Waals surface area (Å²) in [5.41, 5.74) is 1.70. The number of rotatable bonds is 9. The second-order valence-corrected chi connectivity index (χ2v) is 7.52. The SMILES string of the molecule is CCCCn1c(O)c(C(CC)=NC(CC)Cc2c[nH]c3ccccc23)c(=O)[nH]c1=O. The van der Waals surface area contributed by atoms with Crippen LogP contribution >= 0.6 is 0 Å². The summed E-state index contributed by atoms with van der Waals surface area (Å²) in [4.78, 5) is 35.2. The second kappa shape index (κ2) is 9.61. The second-order valence-electron chi connectivity index (χ2n) is 7.52. The van der Waals surface area contributed by atoms with Crippen LogP contribution in [0.3, 0.4) is 0 Å². The van der Waals surface area contributed by atoms with E-state index in [0.29, 0.717) is 18.7 Å². The number of hydrogen-bond acceptors (Lipinski definition) is 4. The van der Waals surface area contributed by atoms with Crippen molar-refractivity contribution in [1.82, 2.24) is 14.5 Å². The van der Waals surface area contributed by atoms with Crippen molar-refractivity contribution in [2.45, 2.75) is 65.5 Å². The average Bonchev–Trinajstić information content (AvgIpc) is 3.14. The standard InChI is InChI=1S/C23H30N4O3/c1-4-7-12-27-22(29)20(21(28)26-23(27)30)18(6-3)25-16(5-2)13-15-14-24-19-11-9-8-10-17(15)19/h8-11,14,16,24,29H,4-7,12-13H2,1-3H3,(H,26,28,30). The monoisotopic (exact) mass is 410 g/mol. The van der Waals surface area contributed by atoms with Gasteiger partial charge in [-0.15, -0.1) is 0 Å². The highest BCUT2D eigenvalue weighted by Gasteiger charge is 2.20. The summed E-state index contributed by atoms with van der Waals surface area (Å²) < 4.78 is 1.23. The predicted octanol–water partition coefficient (Wildman–Crippen LogP) is 3.74. The Labute approximate surface area is 175 Å². The van der Waals surface area contributed by atoms with Crippen LogP contribution in [0.5, 0.6) is 5.88 Å². The van der Waals surface area contributed by atoms with Crippen LogP contribution in [0.15, 0.2) is 45.0 Å². The van der Waals surface area contributed by atoms with E-state index in [1.54, 1.807) is 0 Å². The summed E-state index contributed by atoms with van der Waals surface area (Å²) in [6.07, 6.45) is 5.60. The zero-order valence-electron chi connectivity index (χ0n) is 17.9. The molecule has 0 saturated heterocycles. The minimum Gasteiger partial charge on any atom is -0.494 e. The number of nitrogens with zero attached hydrogens (tertiary/aromatic N) is 2. The number of aromatic amines is 2. The summed E-state index contributed by atoms with van der Waals surface area (Å²) in [5.74, 6) is -0.292. The zero-order valence-corrected chi connectivity index (χ0v) is 17.9. The highest BCUT2D eigenvalue weighted by Crippen LogP contribution is 2.22. The van der Waals surface area contributed by atoms with Gasteiger partial charge >= 0.3 is 5.69 Å². The lowest BCUT2D eigenvalue weighted by atomic mass is 10.0. The minimum atomic E-state index is -0.590. The lowest BCUT2D eigenvalue weighted by molar-refractivity contribution is 0.394. The van der Waals surface area contributed by atoms with E-state index in [2.05, 4.69) is 23.0 Å². The van der Waals surface area contributed by atoms with Gasteiger partial charge in [0.25, 0.3) is 5.56 Å². The van der Waals surface area contributed by atoms with Crippen LogP contribution in [-0.4, -0.2) is 31.4 Å². The van der Waals surface area contributed by atoms with Crippen LogP contribution in [0.4, 0.5) is 0 Å². The van der Waals surface area contributed by atoms with Crippen molar-refractivity contribution in [2.24, 2.45) is 4.99 Å². The Balaban J connectivity index is 1.99. The number of unbranched alkanes of at least 4 members (excludes halogenated alkanes) is 1. The number of fused-ring (bicyclic) bond motifs is 1. The summed E-state index contributed by atoms with van der Waals surface area (Å²) in [7, 11) is 0. The van der Waals surface area contributed by atoms with Gasteiger partial charge in [0.2, 0.25) is 5.88 Å². The fourth-order valence-electron chi connectivity index (χ4n) is 3.73. The lowest BCUT2D eigenvalue weighted by Crippen LogP contribution is -2.34. The molecular formula is C23H30N4O3. The van der Waals surface area contributed by atoms with Crippen molar-refractivity contribution < 1.29 is 5.11 Å². The van der Waals surface area contributed by atoms with Gasteiger partial charge in [0.1, 0.15) is 5.56 Å². The molecule has 0 aliphatic carbocycles. The maximum atomic E-state index is 12.5. The van der Waals surface area contributed by atoms with Gasteiger partial charge < -0.3 is 10.1 Å². The van der Waals surface area contributed by atoms with Crippen LogP contribution in [-0.2, 0) is 13.0 Å². The molecule has 0 amide bonds. The first-order valence-electron chi connectivity index (χ1n) is 10.7. The predicted molar refractivity (Wildman–Crippen MR) is 121 cm³/mol. The van der Waals surface area contributed by atoms with Crippen molar-refractivity contribution in [3.05, 3.63) is 62.4 Å². The fraction of sp³-hybridized carbons (Fsp3) is 0.435. The highest BCUT2D eigenvalue weighted by molar-refractivity contribution is 6.02. The number of aromatic nitrogens is 3. The van der Waals surface area contributed by atoms with Crippen molar-refractivity contribution in [3.63, 3.8) is 0 Å². The van der Waals surface area contributed by atoms with E-state index in [0.717, 1.165) is 36.6 Å². The van der Waals surface area contributed by atoms with E-state index < -0.39 is 11.2 Å². The fourth-order valence-corrected chi connectivity index (χ4v) is 3.73. The number of H-pyrrole nitrogens is 2. The van der Waals surface area contributed by atoms with Gasteiger partial charge in [-0.25, -0.2) is 4.79 Å². The van der Waals surface area contributed by atoms with E-state index in [-0.39, 0.29) is 17.5 Å². The Hall–Kier alpha value is -3.09. The molecule has 30 heavy (non-hydrogen) atoms. The van der Waals surface area contributed by atoms with E-state index >= 15 is 0 Å². The number of para-hydroxylation sites is 1. The minimum absolute atomic E-state index is 0.0472. The molecule has 7 nitrogen and oxygen atoms in total. The van der Waals surface area contributed by atoms with E-state index in [1.165, 1.54) is 10.1 Å². The molecule has 0 saturated carbocycles. The van der Waals surface area contributed by atoms with Gasteiger partial charge in [0.15, 0.2) is 0 Å². The molecule has 3 aromatic rings. The molecule has 1 aromatic carbocycles. The number of hydrogen-bond donors (Lipinski definition) is 3. The first kappa shape index (κ1) is 21.6. The Bertz CT molecular complexity index is 1150. The lowest BCUT2D eigenvalue weighted by Gasteiger charge is -2.15. The molecule has 0 bridgehead atoms. The molecule has 1 unspecified atom stereocenters. The third kappa shape index (κ3) is 4.40. The molecule has 0 aliphatic rings. The number of benzene rings is 1. The number of aromatic hydroxyl groups is 1. The third-order valence-electron chi connectivity index (χ3n) is 5.47. The summed E-state index contributed by atoms with van der Waals surface area (Å²) >= 11 is 0. The van der Waals surface area contributed by atoms with Crippen molar-refractivity contribution in [3.8, 4) is 5.88 Å². The highest BCUT2D eigenvalue weighted by atomic mass is 16.3. The molecule has 0 aliphatic heterocycles. The van der Waals surface area contributed by atoms with Gasteiger partial charge in [-0.05, 0) is 37.3 Å². The maximum absolute atomic E-state index is 12.5. The molecule has 0 radical (unpaired) electrons. The summed E-state index contributed by atoms with van der Waals surface area (Å²) in [5, 5.41) is 11.9. The molecular weight excluding hydrogens is 380 g/mol. The van der Waals surface area contributed by atoms with Crippen molar-refractivity contribution in [2.75, 3.05) is 0 Å². The normalized spacial score (nSPS) is 13.1. The summed E-state index contributed by atoms with van der Waals surface area (Å²) in [6.45, 7) is 6.32. The van der Waals surface area contributed by atoms with Gasteiger partial charge in [-0.3, -0.25) is 19.3 Å². The average molecular weight is 411 g/mol. The van der Waals surface area contributed by atoms with Crippen molar-refractivity contribution in [1.29, 1.82) is 0 Å². The molecule has 3 rings (SSSR count). The third-order valence-corrected chi connectivity index (χ3v) is 5.47. The maximum Gasteiger partial charge on any atom is 0.331 e. The van der Waals surface area contributed by atoms with Gasteiger partial charge in [-0.1, -0.05) is 45.4 Å². The molecule has 0 spiro atoms. The largest absolute Gasteiger partial charge is 0.494 e. The first-order valence-corrected chi connectivity index (χ1v) is 10.7. The zero-order chi connectivity index (χ0) is 21.7. The van der Waals surface area contributed by atoms with Crippen LogP contribution in [0.25, 0.3) is 10.9 Å². The van der Waals surface area contributed by atoms with Gasteiger partial charge in [0, 0.05) is 23.6 Å². The Morgan fingerprint density at radius 1 is 1.20 bits per heavy atom. The molecule has 160 valence electrons. The molecule has 7 heteroatoms. The number of aliphatic imine (C=N–C) groups is 1. The van der Waals surface area contributed by atoms with E-state index in [1.807, 2.05) is 38.2 Å². The molecule has 2 aromatic heterocycles. The Kier molecular flexibility index (Phi) is 6.92. The smallest absolute Gasteiger partial charge is 0.331 e. The Morgan fingerprint density at radius 3 is 2.67 bits per heavy atom. The van der Waals surface area contributed by atoms with E-state index in [9.17, 15) is 14.7 Å². The van der Waals surface area contributed by atoms with Crippen LogP contribution in [0.1, 0.15) is 57.6 Å².